The van der Waals surface area contributed by atoms with Crippen LogP contribution in [0.5, 0.6) is 0 Å². The van der Waals surface area contributed by atoms with Gasteiger partial charge in [0, 0.05) is 11.3 Å². The van der Waals surface area contributed by atoms with E-state index in [1.807, 2.05) is 25.1 Å². The van der Waals surface area contributed by atoms with Crippen molar-refractivity contribution < 1.29 is 17.8 Å². The van der Waals surface area contributed by atoms with Gasteiger partial charge < -0.3 is 5.32 Å². The smallest absolute Gasteiger partial charge is 0.294 e. The Morgan fingerprint density at radius 3 is 2.44 bits per heavy atom. The normalized spacial score (nSPS) is 11.4. The number of carbonyl (C=O) groups is 1. The van der Waals surface area contributed by atoms with E-state index in [0.717, 1.165) is 17.4 Å². The molecule has 2 N–H and O–H groups in total. The molecule has 0 aliphatic heterocycles. The third-order valence-electron chi connectivity index (χ3n) is 3.96. The molecular weight excluding hydrogens is 338 g/mol. The van der Waals surface area contributed by atoms with Gasteiger partial charge in [-0.3, -0.25) is 9.35 Å². The molecule has 0 atom stereocenters. The van der Waals surface area contributed by atoms with Crippen LogP contribution in [0.1, 0.15) is 22.8 Å². The van der Waals surface area contributed by atoms with Crippen LogP contribution >= 0.6 is 0 Å². The van der Waals surface area contributed by atoms with Crippen LogP contribution in [0.3, 0.4) is 0 Å². The Labute approximate surface area is 146 Å². The van der Waals surface area contributed by atoms with Crippen molar-refractivity contribution >= 4 is 32.5 Å². The summed E-state index contributed by atoms with van der Waals surface area (Å²) < 4.78 is 31.5. The van der Waals surface area contributed by atoms with Gasteiger partial charge in [-0.1, -0.05) is 31.2 Å². The predicted molar refractivity (Wildman–Crippen MR) is 97.5 cm³/mol. The van der Waals surface area contributed by atoms with E-state index in [2.05, 4.69) is 5.32 Å². The molecule has 0 saturated carbocycles. The Kier molecular flexibility index (Phi) is 4.57. The Morgan fingerprint density at radius 1 is 1.00 bits per heavy atom. The third kappa shape index (κ3) is 3.87. The third-order valence-corrected chi connectivity index (χ3v) is 4.81. The summed E-state index contributed by atoms with van der Waals surface area (Å²) in [6, 6.07) is 16.9. The SMILES string of the molecule is CCc1cccc(C(=O)Nc2ccc3cc(S(=O)(=O)O)ccc3c2)c1. The lowest BCUT2D eigenvalue weighted by molar-refractivity contribution is 0.102. The number of rotatable bonds is 4. The number of aryl methyl sites for hydroxylation is 1. The Morgan fingerprint density at radius 2 is 1.72 bits per heavy atom. The van der Waals surface area contributed by atoms with Crippen molar-refractivity contribution in [1.82, 2.24) is 0 Å². The van der Waals surface area contributed by atoms with Gasteiger partial charge in [0.15, 0.2) is 0 Å². The first-order valence-corrected chi connectivity index (χ1v) is 9.22. The van der Waals surface area contributed by atoms with Crippen molar-refractivity contribution in [2.45, 2.75) is 18.2 Å². The summed E-state index contributed by atoms with van der Waals surface area (Å²) in [7, 11) is -4.24. The molecule has 5 nitrogen and oxygen atoms in total. The van der Waals surface area contributed by atoms with Crippen LogP contribution in [0.15, 0.2) is 65.6 Å². The zero-order valence-corrected chi connectivity index (χ0v) is 14.4. The lowest BCUT2D eigenvalue weighted by Gasteiger charge is -2.08. The van der Waals surface area contributed by atoms with Crippen molar-refractivity contribution in [2.75, 3.05) is 5.32 Å². The monoisotopic (exact) mass is 355 g/mol. The molecule has 0 saturated heterocycles. The first-order valence-electron chi connectivity index (χ1n) is 7.78. The number of amides is 1. The molecule has 0 unspecified atom stereocenters. The van der Waals surface area contributed by atoms with Crippen LogP contribution in [0.4, 0.5) is 5.69 Å². The number of hydrogen-bond donors (Lipinski definition) is 2. The van der Waals surface area contributed by atoms with Crippen LogP contribution in [-0.2, 0) is 16.5 Å². The number of fused-ring (bicyclic) bond motifs is 1. The molecule has 3 aromatic rings. The maximum atomic E-state index is 12.4. The Hall–Kier alpha value is -2.70. The van der Waals surface area contributed by atoms with Gasteiger partial charge in [0.2, 0.25) is 0 Å². The van der Waals surface area contributed by atoms with Crippen molar-refractivity contribution in [3.8, 4) is 0 Å². The highest BCUT2D eigenvalue weighted by Gasteiger charge is 2.11. The second-order valence-corrected chi connectivity index (χ2v) is 7.13. The molecule has 1 amide bonds. The fraction of sp³-hybridized carbons (Fsp3) is 0.105. The fourth-order valence-corrected chi connectivity index (χ4v) is 3.11. The average Bonchev–Trinajstić information content (AvgIpc) is 2.60. The minimum absolute atomic E-state index is 0.159. The van der Waals surface area contributed by atoms with E-state index in [1.54, 1.807) is 30.3 Å². The Bertz CT molecular complexity index is 1060. The molecular formula is C19H17NO4S. The molecule has 0 radical (unpaired) electrons. The summed E-state index contributed by atoms with van der Waals surface area (Å²) in [6.07, 6.45) is 0.854. The van der Waals surface area contributed by atoms with Gasteiger partial charge in [-0.2, -0.15) is 8.42 Å². The highest BCUT2D eigenvalue weighted by Crippen LogP contribution is 2.23. The van der Waals surface area contributed by atoms with Gasteiger partial charge in [0.25, 0.3) is 16.0 Å². The lowest BCUT2D eigenvalue weighted by atomic mass is 10.1. The summed E-state index contributed by atoms with van der Waals surface area (Å²) in [6.45, 7) is 2.03. The minimum atomic E-state index is -4.24. The van der Waals surface area contributed by atoms with Gasteiger partial charge in [-0.15, -0.1) is 0 Å². The van der Waals surface area contributed by atoms with E-state index >= 15 is 0 Å². The summed E-state index contributed by atoms with van der Waals surface area (Å²) in [5.74, 6) is -0.204. The molecule has 0 aromatic heterocycles. The summed E-state index contributed by atoms with van der Waals surface area (Å²) >= 11 is 0. The first kappa shape index (κ1) is 17.1. The molecule has 3 aromatic carbocycles. The molecule has 0 spiro atoms. The fourth-order valence-electron chi connectivity index (χ4n) is 2.60. The summed E-state index contributed by atoms with van der Waals surface area (Å²) in [5, 5.41) is 4.25. The molecule has 0 heterocycles. The second-order valence-electron chi connectivity index (χ2n) is 5.71. The van der Waals surface area contributed by atoms with Crippen LogP contribution in [-0.4, -0.2) is 18.9 Å². The molecule has 25 heavy (non-hydrogen) atoms. The zero-order chi connectivity index (χ0) is 18.0. The van der Waals surface area contributed by atoms with Crippen molar-refractivity contribution in [1.29, 1.82) is 0 Å². The maximum Gasteiger partial charge on any atom is 0.294 e. The predicted octanol–water partition coefficient (Wildman–Crippen LogP) is 3.90. The largest absolute Gasteiger partial charge is 0.322 e. The van der Waals surface area contributed by atoms with Gasteiger partial charge in [-0.25, -0.2) is 0 Å². The van der Waals surface area contributed by atoms with E-state index in [1.165, 1.54) is 12.1 Å². The minimum Gasteiger partial charge on any atom is -0.322 e. The van der Waals surface area contributed by atoms with E-state index in [-0.39, 0.29) is 10.8 Å². The highest BCUT2D eigenvalue weighted by molar-refractivity contribution is 7.85. The van der Waals surface area contributed by atoms with E-state index in [9.17, 15) is 13.2 Å². The molecule has 6 heteroatoms. The summed E-state index contributed by atoms with van der Waals surface area (Å²) in [5.41, 5.74) is 2.28. The van der Waals surface area contributed by atoms with Gasteiger partial charge >= 0.3 is 0 Å². The zero-order valence-electron chi connectivity index (χ0n) is 13.6. The number of carbonyl (C=O) groups excluding carboxylic acids is 1. The molecule has 0 bridgehead atoms. The number of hydrogen-bond acceptors (Lipinski definition) is 3. The lowest BCUT2D eigenvalue weighted by Crippen LogP contribution is -2.12. The topological polar surface area (TPSA) is 83.5 Å². The van der Waals surface area contributed by atoms with Crippen molar-refractivity contribution in [3.05, 3.63) is 71.8 Å². The van der Waals surface area contributed by atoms with Crippen LogP contribution in [0.2, 0.25) is 0 Å². The van der Waals surface area contributed by atoms with Crippen LogP contribution in [0, 0.1) is 0 Å². The van der Waals surface area contributed by atoms with Crippen LogP contribution < -0.4 is 5.32 Å². The van der Waals surface area contributed by atoms with E-state index < -0.39 is 10.1 Å². The first-order chi connectivity index (χ1) is 11.9. The standard InChI is InChI=1S/C19H17NO4S/c1-2-13-4-3-5-16(10-13)19(21)20-17-8-6-15-12-18(25(22,23)24)9-7-14(15)11-17/h3-12H,2H2,1H3,(H,20,21)(H,22,23,24). The molecule has 0 aliphatic carbocycles. The molecule has 0 aliphatic rings. The second kappa shape index (κ2) is 6.66. The maximum absolute atomic E-state index is 12.4. The molecule has 128 valence electrons. The number of nitrogens with one attached hydrogen (secondary N) is 1. The van der Waals surface area contributed by atoms with Crippen molar-refractivity contribution in [3.63, 3.8) is 0 Å². The highest BCUT2D eigenvalue weighted by atomic mass is 32.2. The average molecular weight is 355 g/mol. The Balaban J connectivity index is 1.88. The quantitative estimate of drug-likeness (QED) is 0.695. The molecule has 3 rings (SSSR count). The van der Waals surface area contributed by atoms with E-state index in [4.69, 9.17) is 4.55 Å². The van der Waals surface area contributed by atoms with Gasteiger partial charge in [-0.05, 0) is 59.2 Å². The van der Waals surface area contributed by atoms with Gasteiger partial charge in [0.1, 0.15) is 0 Å². The summed E-state index contributed by atoms with van der Waals surface area (Å²) in [4.78, 5) is 12.2. The number of benzene rings is 3. The van der Waals surface area contributed by atoms with Crippen LogP contribution in [0.25, 0.3) is 10.8 Å². The van der Waals surface area contributed by atoms with Gasteiger partial charge in [0.05, 0.1) is 4.90 Å². The number of anilines is 1. The van der Waals surface area contributed by atoms with E-state index in [0.29, 0.717) is 16.6 Å². The van der Waals surface area contributed by atoms with Crippen molar-refractivity contribution in [2.24, 2.45) is 0 Å². The molecule has 0 fully saturated rings.